The molecule has 2 N–H and O–H groups in total. The Hall–Kier alpha value is -2.15. The lowest BCUT2D eigenvalue weighted by Crippen LogP contribution is -2.35. The highest BCUT2D eigenvalue weighted by Crippen LogP contribution is 2.26. The Morgan fingerprint density at radius 1 is 1.17 bits per heavy atom. The van der Waals surface area contributed by atoms with Crippen LogP contribution in [0.2, 0.25) is 0 Å². The highest BCUT2D eigenvalue weighted by atomic mass is 79.9. The zero-order valence-electron chi connectivity index (χ0n) is 14.0. The van der Waals surface area contributed by atoms with Crippen molar-refractivity contribution in [2.75, 3.05) is 18.4 Å². The van der Waals surface area contributed by atoms with Crippen molar-refractivity contribution in [3.05, 3.63) is 41.0 Å². The molecule has 2 rings (SSSR count). The zero-order valence-corrected chi connectivity index (χ0v) is 15.6. The first-order chi connectivity index (χ1) is 11.3. The number of benzene rings is 1. The van der Waals surface area contributed by atoms with Crippen LogP contribution in [-0.2, 0) is 4.74 Å². The molecule has 1 amide bonds. The number of nitrogens with zero attached hydrogens (tertiary/aromatic N) is 2. The SMILES string of the molecule is CC(C)(C)OC(=O)NCCNc1cc(Br)nnc1-c1ccccc1. The normalized spacial score (nSPS) is 11.0. The molecule has 1 aromatic carbocycles. The molecule has 6 nitrogen and oxygen atoms in total. The smallest absolute Gasteiger partial charge is 0.407 e. The van der Waals surface area contributed by atoms with Gasteiger partial charge in [-0.1, -0.05) is 30.3 Å². The molecule has 128 valence electrons. The number of rotatable bonds is 5. The van der Waals surface area contributed by atoms with Crippen LogP contribution in [0.5, 0.6) is 0 Å². The average molecular weight is 393 g/mol. The van der Waals surface area contributed by atoms with Crippen LogP contribution in [0.1, 0.15) is 20.8 Å². The summed E-state index contributed by atoms with van der Waals surface area (Å²) in [7, 11) is 0. The van der Waals surface area contributed by atoms with E-state index in [2.05, 4.69) is 36.8 Å². The molecule has 0 aliphatic carbocycles. The van der Waals surface area contributed by atoms with E-state index in [1.165, 1.54) is 0 Å². The van der Waals surface area contributed by atoms with E-state index < -0.39 is 11.7 Å². The first kappa shape index (κ1) is 18.2. The summed E-state index contributed by atoms with van der Waals surface area (Å²) in [5.74, 6) is 0. The summed E-state index contributed by atoms with van der Waals surface area (Å²) < 4.78 is 5.84. The molecule has 0 aliphatic rings. The lowest BCUT2D eigenvalue weighted by atomic mass is 10.1. The summed E-state index contributed by atoms with van der Waals surface area (Å²) in [6, 6.07) is 11.7. The number of amides is 1. The van der Waals surface area contributed by atoms with Gasteiger partial charge in [-0.05, 0) is 42.8 Å². The Labute approximate surface area is 150 Å². The van der Waals surface area contributed by atoms with Crippen LogP contribution >= 0.6 is 15.9 Å². The molecule has 0 radical (unpaired) electrons. The minimum absolute atomic E-state index is 0.429. The maximum atomic E-state index is 11.6. The van der Waals surface area contributed by atoms with E-state index in [1.807, 2.05) is 57.2 Å². The summed E-state index contributed by atoms with van der Waals surface area (Å²) in [5.41, 5.74) is 2.07. The van der Waals surface area contributed by atoms with E-state index in [0.29, 0.717) is 17.7 Å². The van der Waals surface area contributed by atoms with Gasteiger partial charge < -0.3 is 15.4 Å². The Morgan fingerprint density at radius 2 is 1.88 bits per heavy atom. The number of carbonyl (C=O) groups excluding carboxylic acids is 1. The molecule has 0 saturated heterocycles. The second-order valence-electron chi connectivity index (χ2n) is 6.15. The summed E-state index contributed by atoms with van der Waals surface area (Å²) in [6.45, 7) is 6.46. The third-order valence-corrected chi connectivity index (χ3v) is 3.31. The molecule has 0 unspecified atom stereocenters. The van der Waals surface area contributed by atoms with Crippen LogP contribution in [0.25, 0.3) is 11.3 Å². The van der Waals surface area contributed by atoms with E-state index in [1.54, 1.807) is 0 Å². The van der Waals surface area contributed by atoms with Gasteiger partial charge in [0.05, 0.1) is 5.69 Å². The molecule has 0 atom stereocenters. The number of alkyl carbamates (subject to hydrolysis) is 1. The van der Waals surface area contributed by atoms with Gasteiger partial charge in [0.15, 0.2) is 0 Å². The monoisotopic (exact) mass is 392 g/mol. The lowest BCUT2D eigenvalue weighted by molar-refractivity contribution is 0.0530. The molecule has 1 aromatic heterocycles. The number of hydrogen-bond acceptors (Lipinski definition) is 5. The Bertz CT molecular complexity index is 687. The zero-order chi connectivity index (χ0) is 17.6. The van der Waals surface area contributed by atoms with Gasteiger partial charge in [-0.25, -0.2) is 4.79 Å². The highest BCUT2D eigenvalue weighted by molar-refractivity contribution is 9.10. The largest absolute Gasteiger partial charge is 0.444 e. The number of aromatic nitrogens is 2. The second-order valence-corrected chi connectivity index (χ2v) is 6.96. The highest BCUT2D eigenvalue weighted by Gasteiger charge is 2.15. The van der Waals surface area contributed by atoms with Gasteiger partial charge >= 0.3 is 6.09 Å². The predicted octanol–water partition coefficient (Wildman–Crippen LogP) is 3.84. The van der Waals surface area contributed by atoms with Gasteiger partial charge in [-0.2, -0.15) is 0 Å². The van der Waals surface area contributed by atoms with E-state index in [4.69, 9.17) is 4.74 Å². The minimum atomic E-state index is -0.502. The standard InChI is InChI=1S/C17H21BrN4O2/c1-17(2,3)24-16(23)20-10-9-19-13-11-14(18)21-22-15(13)12-7-5-4-6-8-12/h4-8,11H,9-10H2,1-3H3,(H,19,21)(H,20,23). The van der Waals surface area contributed by atoms with Crippen molar-refractivity contribution in [2.24, 2.45) is 0 Å². The van der Waals surface area contributed by atoms with Crippen molar-refractivity contribution in [1.29, 1.82) is 0 Å². The molecule has 0 saturated carbocycles. The van der Waals surface area contributed by atoms with E-state index in [9.17, 15) is 4.79 Å². The fraction of sp³-hybridized carbons (Fsp3) is 0.353. The van der Waals surface area contributed by atoms with Crippen LogP contribution in [0.3, 0.4) is 0 Å². The Balaban J connectivity index is 1.95. The van der Waals surface area contributed by atoms with Crippen molar-refractivity contribution >= 4 is 27.7 Å². The number of ether oxygens (including phenoxy) is 1. The summed E-state index contributed by atoms with van der Waals surface area (Å²) in [5, 5.41) is 14.3. The van der Waals surface area contributed by atoms with E-state index in [-0.39, 0.29) is 0 Å². The van der Waals surface area contributed by atoms with Gasteiger partial charge in [0.1, 0.15) is 15.9 Å². The molecular formula is C17H21BrN4O2. The number of carbonyl (C=O) groups is 1. The van der Waals surface area contributed by atoms with Crippen molar-refractivity contribution in [3.8, 4) is 11.3 Å². The Kier molecular flexibility index (Phi) is 6.14. The summed E-state index contributed by atoms with van der Waals surface area (Å²) in [6.07, 6.45) is -0.429. The lowest BCUT2D eigenvalue weighted by Gasteiger charge is -2.19. The quantitative estimate of drug-likeness (QED) is 0.755. The van der Waals surface area contributed by atoms with Crippen LogP contribution in [0, 0.1) is 0 Å². The van der Waals surface area contributed by atoms with Crippen LogP contribution in [0.15, 0.2) is 41.0 Å². The molecule has 1 heterocycles. The number of hydrogen-bond donors (Lipinski definition) is 2. The first-order valence-electron chi connectivity index (χ1n) is 7.64. The van der Waals surface area contributed by atoms with Gasteiger partial charge in [-0.15, -0.1) is 10.2 Å². The molecule has 24 heavy (non-hydrogen) atoms. The van der Waals surface area contributed by atoms with Crippen molar-refractivity contribution < 1.29 is 9.53 Å². The van der Waals surface area contributed by atoms with E-state index >= 15 is 0 Å². The van der Waals surface area contributed by atoms with Crippen molar-refractivity contribution in [1.82, 2.24) is 15.5 Å². The maximum absolute atomic E-state index is 11.6. The molecule has 2 aromatic rings. The van der Waals surface area contributed by atoms with Crippen molar-refractivity contribution in [3.63, 3.8) is 0 Å². The van der Waals surface area contributed by atoms with Crippen molar-refractivity contribution in [2.45, 2.75) is 26.4 Å². The van der Waals surface area contributed by atoms with Gasteiger partial charge in [0.2, 0.25) is 0 Å². The second kappa shape index (κ2) is 8.10. The van der Waals surface area contributed by atoms with E-state index in [0.717, 1.165) is 16.9 Å². The number of nitrogens with one attached hydrogen (secondary N) is 2. The number of halogens is 1. The van der Waals surface area contributed by atoms with Gasteiger partial charge in [0, 0.05) is 18.7 Å². The molecule has 0 fully saturated rings. The molecule has 7 heteroatoms. The fourth-order valence-corrected chi connectivity index (χ4v) is 2.30. The molecule has 0 aliphatic heterocycles. The van der Waals surface area contributed by atoms with Gasteiger partial charge in [0.25, 0.3) is 0 Å². The molecular weight excluding hydrogens is 372 g/mol. The average Bonchev–Trinajstić information content (AvgIpc) is 2.51. The number of anilines is 1. The van der Waals surface area contributed by atoms with Gasteiger partial charge in [-0.3, -0.25) is 0 Å². The predicted molar refractivity (Wildman–Crippen MR) is 97.9 cm³/mol. The third-order valence-electron chi connectivity index (χ3n) is 2.92. The topological polar surface area (TPSA) is 76.1 Å². The van der Waals surface area contributed by atoms with Crippen LogP contribution in [0.4, 0.5) is 10.5 Å². The molecule has 0 spiro atoms. The first-order valence-corrected chi connectivity index (χ1v) is 8.44. The van der Waals surface area contributed by atoms with Crippen LogP contribution in [-0.4, -0.2) is 35.0 Å². The minimum Gasteiger partial charge on any atom is -0.444 e. The Morgan fingerprint density at radius 3 is 2.54 bits per heavy atom. The third kappa shape index (κ3) is 5.81. The molecule has 0 bridgehead atoms. The summed E-state index contributed by atoms with van der Waals surface area (Å²) in [4.78, 5) is 11.6. The fourth-order valence-electron chi connectivity index (χ4n) is 1.99. The maximum Gasteiger partial charge on any atom is 0.407 e. The van der Waals surface area contributed by atoms with Crippen LogP contribution < -0.4 is 10.6 Å². The summed E-state index contributed by atoms with van der Waals surface area (Å²) >= 11 is 3.33.